The van der Waals surface area contributed by atoms with Gasteiger partial charge in [-0.25, -0.2) is 0 Å². The number of hydrogen-bond donors (Lipinski definition) is 0. The van der Waals surface area contributed by atoms with Gasteiger partial charge in [-0.3, -0.25) is 4.79 Å². The topological polar surface area (TPSA) is 34.6 Å². The van der Waals surface area contributed by atoms with Gasteiger partial charge in [-0.1, -0.05) is 0 Å². The molecule has 0 fully saturated rings. The minimum atomic E-state index is 0.232. The van der Waals surface area contributed by atoms with E-state index in [-0.39, 0.29) is 5.88 Å². The number of nitrogens with zero attached hydrogens (tertiary/aromatic N) is 1. The van der Waals surface area contributed by atoms with Gasteiger partial charge in [0.25, 0.3) is 0 Å². The van der Waals surface area contributed by atoms with Crippen LogP contribution in [0, 0.1) is 6.57 Å². The van der Waals surface area contributed by atoms with Gasteiger partial charge < -0.3 is 4.42 Å². The van der Waals surface area contributed by atoms with Gasteiger partial charge in [-0.05, 0) is 18.2 Å². The van der Waals surface area contributed by atoms with Crippen molar-refractivity contribution in [2.24, 2.45) is 0 Å². The number of carbonyl (C=O) groups is 1. The third-order valence-electron chi connectivity index (χ3n) is 1.08. The molecule has 11 heavy (non-hydrogen) atoms. The monoisotopic (exact) mass is 147 g/mol. The lowest BCUT2D eigenvalue weighted by Crippen LogP contribution is -1.60. The van der Waals surface area contributed by atoms with Gasteiger partial charge in [0.15, 0.2) is 0 Å². The molecule has 54 valence electrons. The Kier molecular flexibility index (Phi) is 2.24. The van der Waals surface area contributed by atoms with Gasteiger partial charge >= 0.3 is 5.88 Å². The fourth-order valence-electron chi connectivity index (χ4n) is 0.635. The smallest absolute Gasteiger partial charge is 0.346 e. The lowest BCUT2D eigenvalue weighted by atomic mass is 10.3. The number of furan rings is 1. The van der Waals surface area contributed by atoms with Gasteiger partial charge in [-0.15, -0.1) is 0 Å². The van der Waals surface area contributed by atoms with Crippen LogP contribution in [0.5, 0.6) is 0 Å². The van der Waals surface area contributed by atoms with Crippen LogP contribution in [0.3, 0.4) is 0 Å². The molecule has 0 atom stereocenters. The zero-order valence-electron chi connectivity index (χ0n) is 5.65. The molecule has 0 amide bonds. The first-order valence-corrected chi connectivity index (χ1v) is 2.94. The number of allylic oxidation sites excluding steroid dienone is 1. The van der Waals surface area contributed by atoms with Gasteiger partial charge in [0.1, 0.15) is 6.29 Å². The van der Waals surface area contributed by atoms with E-state index < -0.39 is 0 Å². The Morgan fingerprint density at radius 1 is 1.64 bits per heavy atom. The molecule has 0 saturated heterocycles. The van der Waals surface area contributed by atoms with E-state index in [1.54, 1.807) is 12.1 Å². The van der Waals surface area contributed by atoms with Crippen molar-refractivity contribution in [2.75, 3.05) is 0 Å². The molecule has 0 aliphatic rings. The van der Waals surface area contributed by atoms with E-state index >= 15 is 0 Å². The normalized spacial score (nSPS) is 9.73. The molecule has 1 aromatic heterocycles. The fourth-order valence-corrected chi connectivity index (χ4v) is 0.635. The van der Waals surface area contributed by atoms with Gasteiger partial charge in [0.2, 0.25) is 0 Å². The average molecular weight is 147 g/mol. The number of hydrogen-bond acceptors (Lipinski definition) is 2. The minimum Gasteiger partial charge on any atom is -0.487 e. The van der Waals surface area contributed by atoms with Crippen molar-refractivity contribution in [3.05, 3.63) is 35.4 Å². The Morgan fingerprint density at radius 3 is 3.00 bits per heavy atom. The molecule has 3 nitrogen and oxygen atoms in total. The minimum absolute atomic E-state index is 0.232. The van der Waals surface area contributed by atoms with Gasteiger partial charge in [0.05, 0.1) is 12.8 Å². The quantitative estimate of drug-likeness (QED) is 0.364. The predicted octanol–water partition coefficient (Wildman–Crippen LogP) is 2.04. The van der Waals surface area contributed by atoms with Crippen LogP contribution in [0.1, 0.15) is 5.56 Å². The Hall–Kier alpha value is -1.82. The highest BCUT2D eigenvalue weighted by atomic mass is 16.3. The predicted molar refractivity (Wildman–Crippen MR) is 40.1 cm³/mol. The zero-order valence-corrected chi connectivity index (χ0v) is 5.65. The summed E-state index contributed by atoms with van der Waals surface area (Å²) >= 11 is 0. The first-order valence-electron chi connectivity index (χ1n) is 2.94. The summed E-state index contributed by atoms with van der Waals surface area (Å²) in [6, 6.07) is 1.56. The molecule has 1 heterocycles. The maximum Gasteiger partial charge on any atom is 0.346 e. The summed E-state index contributed by atoms with van der Waals surface area (Å²) in [7, 11) is 0. The van der Waals surface area contributed by atoms with Crippen molar-refractivity contribution >= 4 is 18.2 Å². The van der Waals surface area contributed by atoms with E-state index in [1.807, 2.05) is 0 Å². The van der Waals surface area contributed by atoms with E-state index in [1.165, 1.54) is 12.3 Å². The second-order valence-corrected chi connectivity index (χ2v) is 1.83. The van der Waals surface area contributed by atoms with Crippen molar-refractivity contribution in [3.8, 4) is 0 Å². The summed E-state index contributed by atoms with van der Waals surface area (Å²) < 4.78 is 4.79. The second-order valence-electron chi connectivity index (χ2n) is 1.83. The molecule has 0 aromatic carbocycles. The largest absolute Gasteiger partial charge is 0.487 e. The van der Waals surface area contributed by atoms with Gasteiger partial charge in [-0.2, -0.15) is 4.85 Å². The summed E-state index contributed by atoms with van der Waals surface area (Å²) in [5.41, 5.74) is 0.725. The molecule has 0 aliphatic carbocycles. The molecule has 3 heteroatoms. The number of rotatable bonds is 2. The van der Waals surface area contributed by atoms with Crippen LogP contribution in [-0.2, 0) is 4.79 Å². The third kappa shape index (κ3) is 1.80. The molecule has 0 saturated carbocycles. The van der Waals surface area contributed by atoms with Gasteiger partial charge in [0, 0.05) is 5.56 Å². The van der Waals surface area contributed by atoms with E-state index in [9.17, 15) is 4.79 Å². The first kappa shape index (κ1) is 7.29. The molecule has 1 rings (SSSR count). The van der Waals surface area contributed by atoms with E-state index in [0.717, 1.165) is 5.56 Å². The number of aldehydes is 1. The van der Waals surface area contributed by atoms with Crippen LogP contribution in [-0.4, -0.2) is 6.29 Å². The standard InChI is InChI=1S/C8H5NO2/c1-9-8-5-7(6-11-8)3-2-4-10/h2-6H/b3-2+. The van der Waals surface area contributed by atoms with E-state index in [2.05, 4.69) is 4.85 Å². The fraction of sp³-hybridized carbons (Fsp3) is 0. The van der Waals surface area contributed by atoms with Crippen LogP contribution >= 0.6 is 0 Å². The highest BCUT2D eigenvalue weighted by molar-refractivity contribution is 5.74. The summed E-state index contributed by atoms with van der Waals surface area (Å²) in [4.78, 5) is 12.9. The molecule has 0 N–H and O–H groups in total. The molecular formula is C8H5NO2. The summed E-state index contributed by atoms with van der Waals surface area (Å²) in [5, 5.41) is 0. The van der Waals surface area contributed by atoms with Crippen molar-refractivity contribution in [1.29, 1.82) is 0 Å². The highest BCUT2D eigenvalue weighted by Crippen LogP contribution is 2.16. The highest BCUT2D eigenvalue weighted by Gasteiger charge is 1.95. The van der Waals surface area contributed by atoms with Crippen LogP contribution < -0.4 is 0 Å². The third-order valence-corrected chi connectivity index (χ3v) is 1.08. The molecule has 0 spiro atoms. The van der Waals surface area contributed by atoms with Crippen molar-refractivity contribution < 1.29 is 9.21 Å². The van der Waals surface area contributed by atoms with Crippen molar-refractivity contribution in [2.45, 2.75) is 0 Å². The van der Waals surface area contributed by atoms with E-state index in [4.69, 9.17) is 11.0 Å². The Morgan fingerprint density at radius 2 is 2.45 bits per heavy atom. The Balaban J connectivity index is 2.82. The summed E-state index contributed by atoms with van der Waals surface area (Å²) in [5.74, 6) is 0.232. The van der Waals surface area contributed by atoms with Crippen LogP contribution in [0.15, 0.2) is 22.8 Å². The van der Waals surface area contributed by atoms with Crippen molar-refractivity contribution in [3.63, 3.8) is 0 Å². The van der Waals surface area contributed by atoms with Crippen LogP contribution in [0.2, 0.25) is 0 Å². The summed E-state index contributed by atoms with van der Waals surface area (Å²) in [6.45, 7) is 6.57. The SMILES string of the molecule is [C-]#[N+]c1cc(/C=C/C=O)co1. The summed E-state index contributed by atoms with van der Waals surface area (Å²) in [6.07, 6.45) is 5.02. The Bertz CT molecular complexity index is 317. The van der Waals surface area contributed by atoms with Crippen LogP contribution in [0.4, 0.5) is 5.88 Å². The zero-order chi connectivity index (χ0) is 8.10. The lowest BCUT2D eigenvalue weighted by Gasteiger charge is -1.74. The molecule has 0 unspecified atom stereocenters. The molecule has 0 aliphatic heterocycles. The van der Waals surface area contributed by atoms with E-state index in [0.29, 0.717) is 6.29 Å². The average Bonchev–Trinajstić information content (AvgIpc) is 2.48. The maximum atomic E-state index is 9.88. The van der Waals surface area contributed by atoms with Crippen molar-refractivity contribution in [1.82, 2.24) is 0 Å². The number of carbonyl (C=O) groups excluding carboxylic acids is 1. The Labute approximate surface area is 63.8 Å². The first-order chi connectivity index (χ1) is 5.36. The molecule has 1 aromatic rings. The lowest BCUT2D eigenvalue weighted by molar-refractivity contribution is -0.104. The van der Waals surface area contributed by atoms with Crippen LogP contribution in [0.25, 0.3) is 10.9 Å². The molecule has 0 radical (unpaired) electrons. The molecule has 0 bridgehead atoms. The molecular weight excluding hydrogens is 142 g/mol. The second kappa shape index (κ2) is 3.37. The maximum absolute atomic E-state index is 9.88.